The van der Waals surface area contributed by atoms with E-state index in [-0.39, 0.29) is 24.1 Å². The monoisotopic (exact) mass is 188 g/mol. The van der Waals surface area contributed by atoms with Crippen LogP contribution in [0.1, 0.15) is 27.7 Å². The Morgan fingerprint density at radius 2 is 1.92 bits per heavy atom. The molecule has 0 rings (SSSR count). The third-order valence-electron chi connectivity index (χ3n) is 1.47. The highest BCUT2D eigenvalue weighted by Gasteiger charge is 2.16. The molecule has 0 fully saturated rings. The lowest BCUT2D eigenvalue weighted by molar-refractivity contribution is -0.122. The molecule has 0 aliphatic rings. The van der Waals surface area contributed by atoms with Crippen molar-refractivity contribution in [1.29, 1.82) is 0 Å². The van der Waals surface area contributed by atoms with Gasteiger partial charge in [-0.15, -0.1) is 0 Å². The quantitative estimate of drug-likeness (QED) is 0.628. The van der Waals surface area contributed by atoms with Gasteiger partial charge in [-0.05, 0) is 13.8 Å². The second-order valence-electron chi connectivity index (χ2n) is 3.66. The maximum atomic E-state index is 10.9. The molecule has 0 spiro atoms. The molecule has 0 aromatic heterocycles. The fourth-order valence-corrected chi connectivity index (χ4v) is 0.903. The highest BCUT2D eigenvalue weighted by molar-refractivity contribution is 5.80. The molecular formula is C9H20N2O2. The van der Waals surface area contributed by atoms with E-state index in [0.29, 0.717) is 6.61 Å². The molecule has 1 amide bonds. The topological polar surface area (TPSA) is 64.3 Å². The summed E-state index contributed by atoms with van der Waals surface area (Å²) in [5.74, 6) is -0.366. The molecule has 1 unspecified atom stereocenters. The fraction of sp³-hybridized carbons (Fsp3) is 0.889. The first kappa shape index (κ1) is 12.4. The van der Waals surface area contributed by atoms with E-state index in [1.54, 1.807) is 0 Å². The molecular weight excluding hydrogens is 168 g/mol. The molecule has 0 saturated heterocycles. The Bertz CT molecular complexity index is 158. The Morgan fingerprint density at radius 1 is 1.38 bits per heavy atom. The molecule has 0 aromatic carbocycles. The summed E-state index contributed by atoms with van der Waals surface area (Å²) >= 11 is 0. The molecule has 3 N–H and O–H groups in total. The Balaban J connectivity index is 3.88. The van der Waals surface area contributed by atoms with Crippen molar-refractivity contribution in [1.82, 2.24) is 5.32 Å². The largest absolute Gasteiger partial charge is 0.377 e. The maximum Gasteiger partial charge on any atom is 0.236 e. The van der Waals surface area contributed by atoms with Gasteiger partial charge in [0.15, 0.2) is 0 Å². The summed E-state index contributed by atoms with van der Waals surface area (Å²) in [6.45, 7) is 8.11. The second kappa shape index (κ2) is 5.94. The van der Waals surface area contributed by atoms with Crippen LogP contribution >= 0.6 is 0 Å². The molecule has 0 saturated carbocycles. The van der Waals surface area contributed by atoms with Gasteiger partial charge in [0, 0.05) is 6.04 Å². The van der Waals surface area contributed by atoms with E-state index < -0.39 is 0 Å². The van der Waals surface area contributed by atoms with Crippen molar-refractivity contribution in [3.8, 4) is 0 Å². The molecule has 0 aliphatic carbocycles. The van der Waals surface area contributed by atoms with Crippen molar-refractivity contribution >= 4 is 5.91 Å². The van der Waals surface area contributed by atoms with Crippen LogP contribution in [0.4, 0.5) is 0 Å². The molecule has 0 bridgehead atoms. The molecule has 13 heavy (non-hydrogen) atoms. The zero-order valence-corrected chi connectivity index (χ0v) is 8.83. The van der Waals surface area contributed by atoms with Gasteiger partial charge in [-0.1, -0.05) is 13.8 Å². The predicted molar refractivity (Wildman–Crippen MR) is 52.3 cm³/mol. The molecule has 4 heteroatoms. The van der Waals surface area contributed by atoms with Gasteiger partial charge in [-0.2, -0.15) is 0 Å². The SMILES string of the molecule is CC(C)NC(COC(C)C)C(N)=O. The van der Waals surface area contributed by atoms with Crippen LogP contribution < -0.4 is 11.1 Å². The highest BCUT2D eigenvalue weighted by Crippen LogP contribution is 1.93. The fourth-order valence-electron chi connectivity index (χ4n) is 0.903. The summed E-state index contributed by atoms with van der Waals surface area (Å²) in [6.07, 6.45) is 0.121. The van der Waals surface area contributed by atoms with Crippen LogP contribution in [-0.2, 0) is 9.53 Å². The van der Waals surface area contributed by atoms with Crippen LogP contribution in [0.25, 0.3) is 0 Å². The molecule has 1 atom stereocenters. The van der Waals surface area contributed by atoms with Crippen molar-refractivity contribution in [3.63, 3.8) is 0 Å². The van der Waals surface area contributed by atoms with E-state index in [9.17, 15) is 4.79 Å². The number of rotatable bonds is 6. The van der Waals surface area contributed by atoms with Crippen molar-refractivity contribution < 1.29 is 9.53 Å². The Labute approximate surface area is 79.8 Å². The zero-order chi connectivity index (χ0) is 10.4. The van der Waals surface area contributed by atoms with Crippen LogP contribution in [0.5, 0.6) is 0 Å². The molecule has 0 aromatic rings. The first-order chi connectivity index (χ1) is 5.93. The Hall–Kier alpha value is -0.610. The van der Waals surface area contributed by atoms with Gasteiger partial charge in [0.25, 0.3) is 0 Å². The maximum absolute atomic E-state index is 10.9. The van der Waals surface area contributed by atoms with Gasteiger partial charge in [0.1, 0.15) is 6.04 Å². The van der Waals surface area contributed by atoms with Crippen LogP contribution in [0, 0.1) is 0 Å². The van der Waals surface area contributed by atoms with Crippen LogP contribution in [0.2, 0.25) is 0 Å². The summed E-state index contributed by atoms with van der Waals surface area (Å²) in [6, 6.07) is -0.157. The minimum Gasteiger partial charge on any atom is -0.377 e. The van der Waals surface area contributed by atoms with E-state index in [1.807, 2.05) is 27.7 Å². The summed E-state index contributed by atoms with van der Waals surface area (Å²) in [7, 11) is 0. The van der Waals surface area contributed by atoms with Crippen LogP contribution in [-0.4, -0.2) is 30.7 Å². The number of nitrogens with two attached hydrogens (primary N) is 1. The van der Waals surface area contributed by atoms with E-state index >= 15 is 0 Å². The lowest BCUT2D eigenvalue weighted by Crippen LogP contribution is -2.47. The van der Waals surface area contributed by atoms with E-state index in [0.717, 1.165) is 0 Å². The second-order valence-corrected chi connectivity index (χ2v) is 3.66. The van der Waals surface area contributed by atoms with E-state index in [1.165, 1.54) is 0 Å². The van der Waals surface area contributed by atoms with Crippen LogP contribution in [0.15, 0.2) is 0 Å². The van der Waals surface area contributed by atoms with E-state index in [2.05, 4.69) is 5.32 Å². The lowest BCUT2D eigenvalue weighted by Gasteiger charge is -2.19. The van der Waals surface area contributed by atoms with Gasteiger partial charge in [-0.3, -0.25) is 4.79 Å². The third-order valence-corrected chi connectivity index (χ3v) is 1.47. The first-order valence-electron chi connectivity index (χ1n) is 4.60. The van der Waals surface area contributed by atoms with Gasteiger partial charge < -0.3 is 15.8 Å². The van der Waals surface area contributed by atoms with Gasteiger partial charge >= 0.3 is 0 Å². The van der Waals surface area contributed by atoms with Crippen molar-refractivity contribution in [2.75, 3.05) is 6.61 Å². The number of nitrogens with one attached hydrogen (secondary N) is 1. The van der Waals surface area contributed by atoms with Crippen molar-refractivity contribution in [2.45, 2.75) is 45.9 Å². The predicted octanol–water partition coefficient (Wildman–Crippen LogP) is 0.263. The molecule has 4 nitrogen and oxygen atoms in total. The number of amides is 1. The average molecular weight is 188 g/mol. The number of carbonyl (C=O) groups is 1. The highest BCUT2D eigenvalue weighted by atomic mass is 16.5. The molecule has 0 aliphatic heterocycles. The Morgan fingerprint density at radius 3 is 2.23 bits per heavy atom. The number of hydrogen-bond donors (Lipinski definition) is 2. The first-order valence-corrected chi connectivity index (χ1v) is 4.60. The van der Waals surface area contributed by atoms with Gasteiger partial charge in [-0.25, -0.2) is 0 Å². The smallest absolute Gasteiger partial charge is 0.236 e. The zero-order valence-electron chi connectivity index (χ0n) is 8.83. The lowest BCUT2D eigenvalue weighted by atomic mass is 10.2. The number of hydrogen-bond acceptors (Lipinski definition) is 3. The average Bonchev–Trinajstić information content (AvgIpc) is 1.96. The molecule has 0 radical (unpaired) electrons. The standard InChI is InChI=1S/C9H20N2O2/c1-6(2)11-8(9(10)12)5-13-7(3)4/h6-8,11H,5H2,1-4H3,(H2,10,12). The van der Waals surface area contributed by atoms with Gasteiger partial charge in [0.05, 0.1) is 12.7 Å². The number of primary amides is 1. The molecule has 0 heterocycles. The van der Waals surface area contributed by atoms with Crippen molar-refractivity contribution in [3.05, 3.63) is 0 Å². The summed E-state index contributed by atoms with van der Waals surface area (Å²) in [5.41, 5.74) is 5.19. The summed E-state index contributed by atoms with van der Waals surface area (Å²) < 4.78 is 5.30. The summed E-state index contributed by atoms with van der Waals surface area (Å²) in [5, 5.41) is 3.04. The number of ether oxygens (including phenoxy) is 1. The number of carbonyl (C=O) groups excluding carboxylic acids is 1. The normalized spacial score (nSPS) is 13.7. The summed E-state index contributed by atoms with van der Waals surface area (Å²) in [4.78, 5) is 10.9. The minimum absolute atomic E-state index is 0.121. The molecule has 78 valence electrons. The minimum atomic E-state index is -0.387. The van der Waals surface area contributed by atoms with Crippen molar-refractivity contribution in [2.24, 2.45) is 5.73 Å². The third kappa shape index (κ3) is 6.54. The Kier molecular flexibility index (Phi) is 5.66. The van der Waals surface area contributed by atoms with Gasteiger partial charge in [0.2, 0.25) is 5.91 Å². The van der Waals surface area contributed by atoms with Crippen LogP contribution in [0.3, 0.4) is 0 Å². The van der Waals surface area contributed by atoms with E-state index in [4.69, 9.17) is 10.5 Å².